The minimum Gasteiger partial charge on any atom is -0.349 e. The molecule has 0 radical (unpaired) electrons. The molecule has 28 heavy (non-hydrogen) atoms. The number of hydrogen-bond acceptors (Lipinski definition) is 2. The lowest BCUT2D eigenvalue weighted by Gasteiger charge is -2.32. The quantitative estimate of drug-likeness (QED) is 0.746. The molecule has 1 fully saturated rings. The van der Waals surface area contributed by atoms with Crippen molar-refractivity contribution in [1.82, 2.24) is 10.2 Å². The lowest BCUT2D eigenvalue weighted by Crippen LogP contribution is -2.41. The van der Waals surface area contributed by atoms with E-state index in [9.17, 15) is 9.18 Å². The Kier molecular flexibility index (Phi) is 6.73. The van der Waals surface area contributed by atoms with E-state index in [-0.39, 0.29) is 23.7 Å². The number of aryl methyl sites for hydroxylation is 2. The summed E-state index contributed by atoms with van der Waals surface area (Å²) < 4.78 is 14.0. The van der Waals surface area contributed by atoms with E-state index in [4.69, 9.17) is 11.6 Å². The van der Waals surface area contributed by atoms with E-state index in [0.29, 0.717) is 17.1 Å². The van der Waals surface area contributed by atoms with Gasteiger partial charge in [-0.3, -0.25) is 9.69 Å². The normalized spacial score (nSPS) is 16.8. The molecular formula is C23H28ClFN2O. The fourth-order valence-corrected chi connectivity index (χ4v) is 4.12. The third-order valence-corrected chi connectivity index (χ3v) is 5.85. The molecule has 2 aromatic carbocycles. The molecule has 0 aliphatic carbocycles. The Morgan fingerprint density at radius 2 is 1.93 bits per heavy atom. The molecule has 0 saturated carbocycles. The SMILES string of the molecule is Cc1ccc(C(C)NC(=O)C2CCN(Cc3ccc(Cl)cc3F)CC2)c(C)c1. The minimum absolute atomic E-state index is 0.00528. The Balaban J connectivity index is 1.52. The van der Waals surface area contributed by atoms with Crippen molar-refractivity contribution in [2.75, 3.05) is 13.1 Å². The van der Waals surface area contributed by atoms with Gasteiger partial charge in [0.1, 0.15) is 5.82 Å². The number of carbonyl (C=O) groups is 1. The van der Waals surface area contributed by atoms with E-state index in [1.165, 1.54) is 17.2 Å². The lowest BCUT2D eigenvalue weighted by molar-refractivity contribution is -0.127. The zero-order valence-corrected chi connectivity index (χ0v) is 17.5. The number of benzene rings is 2. The van der Waals surface area contributed by atoms with Crippen LogP contribution in [-0.2, 0) is 11.3 Å². The molecule has 1 unspecified atom stereocenters. The van der Waals surface area contributed by atoms with E-state index >= 15 is 0 Å². The lowest BCUT2D eigenvalue weighted by atomic mass is 9.94. The fourth-order valence-electron chi connectivity index (χ4n) is 3.96. The van der Waals surface area contributed by atoms with Gasteiger partial charge >= 0.3 is 0 Å². The highest BCUT2D eigenvalue weighted by Crippen LogP contribution is 2.24. The number of likely N-dealkylation sites (tertiary alicyclic amines) is 1. The Hall–Kier alpha value is -1.91. The van der Waals surface area contributed by atoms with Gasteiger partial charge in [-0.2, -0.15) is 0 Å². The van der Waals surface area contributed by atoms with Crippen molar-refractivity contribution in [3.05, 3.63) is 69.5 Å². The van der Waals surface area contributed by atoms with Gasteiger partial charge in [0.05, 0.1) is 6.04 Å². The van der Waals surface area contributed by atoms with E-state index in [0.717, 1.165) is 31.5 Å². The number of halogens is 2. The van der Waals surface area contributed by atoms with Gasteiger partial charge in [-0.05, 0) is 70.0 Å². The molecule has 1 saturated heterocycles. The van der Waals surface area contributed by atoms with Crippen molar-refractivity contribution in [2.24, 2.45) is 5.92 Å². The third kappa shape index (κ3) is 5.12. The Labute approximate surface area is 171 Å². The van der Waals surface area contributed by atoms with Gasteiger partial charge in [0.25, 0.3) is 0 Å². The molecular weight excluding hydrogens is 375 g/mol. The molecule has 5 heteroatoms. The standard InChI is InChI=1S/C23H28ClFN2O/c1-15-4-7-21(16(2)12-15)17(3)26-23(28)18-8-10-27(11-9-18)14-19-5-6-20(24)13-22(19)25/h4-7,12-13,17-18H,8-11,14H2,1-3H3,(H,26,28). The number of rotatable bonds is 5. The summed E-state index contributed by atoms with van der Waals surface area (Å²) in [5.41, 5.74) is 4.24. The maximum atomic E-state index is 14.0. The predicted molar refractivity (Wildman–Crippen MR) is 112 cm³/mol. The summed E-state index contributed by atoms with van der Waals surface area (Å²) in [6, 6.07) is 11.1. The number of amides is 1. The van der Waals surface area contributed by atoms with E-state index in [1.54, 1.807) is 12.1 Å². The van der Waals surface area contributed by atoms with Gasteiger partial charge < -0.3 is 5.32 Å². The number of carbonyl (C=O) groups excluding carboxylic acids is 1. The molecule has 0 spiro atoms. The second-order valence-electron chi connectivity index (χ2n) is 7.88. The maximum Gasteiger partial charge on any atom is 0.223 e. The Bertz CT molecular complexity index is 846. The largest absolute Gasteiger partial charge is 0.349 e. The number of hydrogen-bond donors (Lipinski definition) is 1. The molecule has 1 atom stereocenters. The van der Waals surface area contributed by atoms with Crippen LogP contribution in [0.25, 0.3) is 0 Å². The molecule has 0 aromatic heterocycles. The van der Waals surface area contributed by atoms with Crippen molar-refractivity contribution >= 4 is 17.5 Å². The van der Waals surface area contributed by atoms with Gasteiger partial charge in [-0.1, -0.05) is 41.4 Å². The van der Waals surface area contributed by atoms with Crippen LogP contribution in [0.2, 0.25) is 5.02 Å². The first-order valence-corrected chi connectivity index (χ1v) is 10.2. The van der Waals surface area contributed by atoms with E-state index in [1.807, 2.05) is 6.92 Å². The topological polar surface area (TPSA) is 32.3 Å². The highest BCUT2D eigenvalue weighted by molar-refractivity contribution is 6.30. The summed E-state index contributed by atoms with van der Waals surface area (Å²) in [5.74, 6) is -0.140. The Morgan fingerprint density at radius 1 is 1.21 bits per heavy atom. The van der Waals surface area contributed by atoms with Crippen molar-refractivity contribution in [3.63, 3.8) is 0 Å². The third-order valence-electron chi connectivity index (χ3n) is 5.62. The van der Waals surface area contributed by atoms with Crippen LogP contribution in [0.4, 0.5) is 4.39 Å². The summed E-state index contributed by atoms with van der Waals surface area (Å²) in [6.07, 6.45) is 1.58. The predicted octanol–water partition coefficient (Wildman–Crippen LogP) is 5.19. The highest BCUT2D eigenvalue weighted by Gasteiger charge is 2.26. The summed E-state index contributed by atoms with van der Waals surface area (Å²) in [4.78, 5) is 14.9. The van der Waals surface area contributed by atoms with Gasteiger partial charge in [0.2, 0.25) is 5.91 Å². The number of nitrogens with zero attached hydrogens (tertiary/aromatic N) is 1. The molecule has 1 aliphatic rings. The summed E-state index contributed by atoms with van der Waals surface area (Å²) in [5, 5.41) is 3.59. The van der Waals surface area contributed by atoms with Crippen molar-refractivity contribution in [2.45, 2.75) is 46.2 Å². The fraction of sp³-hybridized carbons (Fsp3) is 0.435. The first kappa shape index (κ1) is 20.8. The molecule has 1 amide bonds. The van der Waals surface area contributed by atoms with Gasteiger partial charge in [0.15, 0.2) is 0 Å². The molecule has 3 nitrogen and oxygen atoms in total. The molecule has 3 rings (SSSR count). The number of nitrogens with one attached hydrogen (secondary N) is 1. The summed E-state index contributed by atoms with van der Waals surface area (Å²) in [7, 11) is 0. The molecule has 150 valence electrons. The van der Waals surface area contributed by atoms with Crippen molar-refractivity contribution in [1.29, 1.82) is 0 Å². The first-order valence-electron chi connectivity index (χ1n) is 9.87. The van der Waals surface area contributed by atoms with Crippen LogP contribution in [-0.4, -0.2) is 23.9 Å². The zero-order chi connectivity index (χ0) is 20.3. The molecule has 1 heterocycles. The van der Waals surface area contributed by atoms with Crippen LogP contribution in [0.1, 0.15) is 48.1 Å². The van der Waals surface area contributed by atoms with Crippen LogP contribution < -0.4 is 5.32 Å². The van der Waals surface area contributed by atoms with Gasteiger partial charge in [-0.15, -0.1) is 0 Å². The molecule has 1 aliphatic heterocycles. The van der Waals surface area contributed by atoms with Crippen LogP contribution in [0.15, 0.2) is 36.4 Å². The van der Waals surface area contributed by atoms with Gasteiger partial charge in [-0.25, -0.2) is 4.39 Å². The van der Waals surface area contributed by atoms with Gasteiger partial charge in [0, 0.05) is 23.0 Å². The van der Waals surface area contributed by atoms with Crippen LogP contribution in [0, 0.1) is 25.6 Å². The molecule has 2 aromatic rings. The van der Waals surface area contributed by atoms with Crippen LogP contribution >= 0.6 is 11.6 Å². The zero-order valence-electron chi connectivity index (χ0n) is 16.8. The van der Waals surface area contributed by atoms with Crippen molar-refractivity contribution in [3.8, 4) is 0 Å². The molecule has 0 bridgehead atoms. The van der Waals surface area contributed by atoms with Crippen LogP contribution in [0.5, 0.6) is 0 Å². The smallest absolute Gasteiger partial charge is 0.223 e. The number of piperidine rings is 1. The monoisotopic (exact) mass is 402 g/mol. The first-order chi connectivity index (χ1) is 13.3. The second kappa shape index (κ2) is 9.06. The summed E-state index contributed by atoms with van der Waals surface area (Å²) >= 11 is 5.82. The van der Waals surface area contributed by atoms with Crippen LogP contribution in [0.3, 0.4) is 0 Å². The minimum atomic E-state index is -0.269. The average molecular weight is 403 g/mol. The highest BCUT2D eigenvalue weighted by atomic mass is 35.5. The average Bonchev–Trinajstić information content (AvgIpc) is 2.64. The van der Waals surface area contributed by atoms with Crippen molar-refractivity contribution < 1.29 is 9.18 Å². The Morgan fingerprint density at radius 3 is 2.57 bits per heavy atom. The molecule has 1 N–H and O–H groups in total. The second-order valence-corrected chi connectivity index (χ2v) is 8.31. The summed E-state index contributed by atoms with van der Waals surface area (Å²) in [6.45, 7) is 8.32. The van der Waals surface area contributed by atoms with E-state index < -0.39 is 0 Å². The maximum absolute atomic E-state index is 14.0. The van der Waals surface area contributed by atoms with E-state index in [2.05, 4.69) is 42.3 Å².